The highest BCUT2D eigenvalue weighted by Gasteiger charge is 2.29. The van der Waals surface area contributed by atoms with Gasteiger partial charge in [0.15, 0.2) is 9.84 Å². The van der Waals surface area contributed by atoms with E-state index in [1.165, 1.54) is 4.57 Å². The lowest BCUT2D eigenvalue weighted by molar-refractivity contribution is 0.0240. The fourth-order valence-corrected chi connectivity index (χ4v) is 7.91. The highest BCUT2D eigenvalue weighted by atomic mass is 32.2. The van der Waals surface area contributed by atoms with Crippen LogP contribution in [0.1, 0.15) is 77.7 Å². The van der Waals surface area contributed by atoms with Crippen LogP contribution in [0.2, 0.25) is 0 Å². The fourth-order valence-electron chi connectivity index (χ4n) is 6.70. The summed E-state index contributed by atoms with van der Waals surface area (Å²) in [5, 5.41) is 6.79. The van der Waals surface area contributed by atoms with E-state index < -0.39 is 32.8 Å². The number of carbonyl (C=O) groups is 3. The average molecular weight is 849 g/mol. The Morgan fingerprint density at radius 3 is 2.08 bits per heavy atom. The lowest BCUT2D eigenvalue weighted by Gasteiger charge is -2.37. The molecule has 17 heteroatoms. The van der Waals surface area contributed by atoms with E-state index in [2.05, 4.69) is 25.5 Å². The second kappa shape index (κ2) is 19.3. The van der Waals surface area contributed by atoms with Crippen LogP contribution < -0.4 is 21.2 Å². The normalized spacial score (nSPS) is 15.6. The lowest BCUT2D eigenvalue weighted by Crippen LogP contribution is -2.50. The van der Waals surface area contributed by atoms with Gasteiger partial charge in [0, 0.05) is 86.4 Å². The molecule has 0 bridgehead atoms. The van der Waals surface area contributed by atoms with Gasteiger partial charge >= 0.3 is 17.9 Å². The molecule has 60 heavy (non-hydrogen) atoms. The number of rotatable bonds is 10. The molecule has 2 saturated heterocycles. The molecule has 0 radical (unpaired) electrons. The van der Waals surface area contributed by atoms with Crippen LogP contribution in [0.3, 0.4) is 0 Å². The summed E-state index contributed by atoms with van der Waals surface area (Å²) < 4.78 is 36.6. The Morgan fingerprint density at radius 2 is 1.45 bits per heavy atom. The van der Waals surface area contributed by atoms with Crippen molar-refractivity contribution in [3.05, 3.63) is 76.3 Å². The van der Waals surface area contributed by atoms with Gasteiger partial charge in [-0.25, -0.2) is 22.8 Å². The number of benzene rings is 2. The molecular weight excluding hydrogens is 789 g/mol. The average Bonchev–Trinajstić information content (AvgIpc) is 3.61. The number of hydrogen-bond donors (Lipinski definition) is 3. The monoisotopic (exact) mass is 848 g/mol. The van der Waals surface area contributed by atoms with E-state index in [0.29, 0.717) is 79.4 Å². The Kier molecular flexibility index (Phi) is 14.7. The number of amides is 3. The molecule has 4 aromatic rings. The molecule has 6 rings (SSSR count). The van der Waals surface area contributed by atoms with Gasteiger partial charge in [0.05, 0.1) is 17.2 Å². The summed E-state index contributed by atoms with van der Waals surface area (Å²) in [6.07, 6.45) is 1.66. The first-order valence-electron chi connectivity index (χ1n) is 20.6. The number of alkyl carbamates (subject to hydrolysis) is 1. The quantitative estimate of drug-likeness (QED) is 0.175. The van der Waals surface area contributed by atoms with Crippen LogP contribution >= 0.6 is 0 Å². The predicted octanol–water partition coefficient (Wildman–Crippen LogP) is 5.34. The Bertz CT molecular complexity index is 2290. The first-order chi connectivity index (χ1) is 28.3. The van der Waals surface area contributed by atoms with Gasteiger partial charge in [-0.3, -0.25) is 9.36 Å². The lowest BCUT2D eigenvalue weighted by atomic mass is 10.0. The van der Waals surface area contributed by atoms with Crippen molar-refractivity contribution in [1.29, 1.82) is 0 Å². The third-order valence-corrected chi connectivity index (χ3v) is 11.3. The molecule has 2 aliphatic rings. The first kappa shape index (κ1) is 45.7. The molecule has 2 aromatic heterocycles. The fraction of sp³-hybridized carbons (Fsp3) is 0.512. The number of anilines is 1. The largest absolute Gasteiger partial charge is 0.444 e. The van der Waals surface area contributed by atoms with Crippen molar-refractivity contribution in [3.8, 4) is 16.9 Å². The molecule has 0 aliphatic carbocycles. The van der Waals surface area contributed by atoms with E-state index in [9.17, 15) is 27.6 Å². The van der Waals surface area contributed by atoms with Crippen LogP contribution in [0.25, 0.3) is 28.0 Å². The number of nitrogens with one attached hydrogen (secondary N) is 3. The van der Waals surface area contributed by atoms with E-state index in [4.69, 9.17) is 9.47 Å². The summed E-state index contributed by atoms with van der Waals surface area (Å²) in [7, 11) is -3.19. The number of carbonyl (C=O) groups excluding carboxylic acids is 3. The van der Waals surface area contributed by atoms with Crippen LogP contribution in [-0.2, 0) is 25.9 Å². The molecule has 3 N–H and O–H groups in total. The molecule has 2 fully saturated rings. The smallest absolute Gasteiger partial charge is 0.410 e. The van der Waals surface area contributed by atoms with Crippen molar-refractivity contribution in [2.75, 3.05) is 68.8 Å². The molecule has 4 heterocycles. The van der Waals surface area contributed by atoms with Crippen molar-refractivity contribution in [2.24, 2.45) is 0 Å². The number of hydrogen-bond acceptors (Lipinski definition) is 11. The zero-order chi connectivity index (χ0) is 43.8. The van der Waals surface area contributed by atoms with Crippen molar-refractivity contribution >= 4 is 44.7 Å². The minimum Gasteiger partial charge on any atom is -0.444 e. The highest BCUT2D eigenvalue weighted by molar-refractivity contribution is 7.91. The molecule has 0 unspecified atom stereocenters. The SMILES string of the molecule is CC.CC(C)(C)OC(=O)NCCCNCc1ccc(-n2cc3cc(-c4cc(C(=O)N5CCS(=O)(=O)CC5)cc(N5CCN(C(=O)OC(C)(C)C)CC5)c4)[nH]c3nc2=O)cc1. The Hall–Kier alpha value is -5.42. The molecule has 0 saturated carbocycles. The van der Waals surface area contributed by atoms with Gasteiger partial charge in [0.25, 0.3) is 5.91 Å². The summed E-state index contributed by atoms with van der Waals surface area (Å²) in [6, 6.07) is 15.0. The first-order valence-corrected chi connectivity index (χ1v) is 22.4. The van der Waals surface area contributed by atoms with Gasteiger partial charge in [-0.1, -0.05) is 26.0 Å². The molecule has 0 spiro atoms. The topological polar surface area (TPSA) is 188 Å². The Labute approximate surface area is 352 Å². The zero-order valence-corrected chi connectivity index (χ0v) is 36.9. The minimum atomic E-state index is -3.19. The third-order valence-electron chi connectivity index (χ3n) is 9.65. The number of nitrogens with zero attached hydrogens (tertiary/aromatic N) is 5. The number of ether oxygens (including phenoxy) is 2. The van der Waals surface area contributed by atoms with Crippen LogP contribution in [0.15, 0.2) is 59.5 Å². The van der Waals surface area contributed by atoms with Crippen molar-refractivity contribution in [1.82, 2.24) is 35.0 Å². The summed E-state index contributed by atoms with van der Waals surface area (Å²) in [5.74, 6) is -0.438. The number of aromatic amines is 1. The van der Waals surface area contributed by atoms with Gasteiger partial charge in [-0.15, -0.1) is 0 Å². The van der Waals surface area contributed by atoms with E-state index in [0.717, 1.165) is 17.7 Å². The van der Waals surface area contributed by atoms with Crippen LogP contribution in [0, 0.1) is 0 Å². The minimum absolute atomic E-state index is 0.0839. The van der Waals surface area contributed by atoms with Crippen molar-refractivity contribution in [3.63, 3.8) is 0 Å². The highest BCUT2D eigenvalue weighted by Crippen LogP contribution is 2.30. The molecular formula is C43H60N8O8S. The van der Waals surface area contributed by atoms with Gasteiger partial charge in [-0.05, 0) is 96.5 Å². The van der Waals surface area contributed by atoms with Gasteiger partial charge < -0.3 is 39.8 Å². The second-order valence-corrected chi connectivity index (χ2v) is 19.0. The maximum absolute atomic E-state index is 13.9. The van der Waals surface area contributed by atoms with Crippen LogP contribution in [-0.4, -0.2) is 126 Å². The summed E-state index contributed by atoms with van der Waals surface area (Å²) in [6.45, 7) is 18.9. The number of piperazine rings is 1. The molecule has 3 amide bonds. The van der Waals surface area contributed by atoms with Gasteiger partial charge in [0.2, 0.25) is 0 Å². The van der Waals surface area contributed by atoms with Gasteiger partial charge in [-0.2, -0.15) is 4.98 Å². The van der Waals surface area contributed by atoms with E-state index in [-0.39, 0.29) is 36.6 Å². The number of aromatic nitrogens is 3. The standard InChI is InChI=1S/C41H54N8O8S.C2H6/c1-40(2,3)56-38(52)43-13-7-12-42-26-28-8-10-32(11-9-28)49-27-31-25-34(44-35(31)45-37(49)51)29-22-30(36(50)47-18-20-58(54,55)21-19-47)24-33(23-29)46-14-16-48(17-15-46)39(53)57-41(4,5)6;1-2/h8-11,22-25,27,42H,7,12-21,26H2,1-6H3,(H,43,52)(H,44,45,51);1-2H3. The molecule has 16 nitrogen and oxygen atoms in total. The number of H-pyrrole nitrogens is 1. The number of fused-ring (bicyclic) bond motifs is 1. The summed E-state index contributed by atoms with van der Waals surface area (Å²) >= 11 is 0. The van der Waals surface area contributed by atoms with Gasteiger partial charge in [0.1, 0.15) is 16.8 Å². The van der Waals surface area contributed by atoms with Crippen molar-refractivity contribution < 1.29 is 32.3 Å². The zero-order valence-electron chi connectivity index (χ0n) is 36.1. The van der Waals surface area contributed by atoms with E-state index >= 15 is 0 Å². The Balaban J connectivity index is 0.00000336. The van der Waals surface area contributed by atoms with Crippen LogP contribution in [0.4, 0.5) is 15.3 Å². The summed E-state index contributed by atoms with van der Waals surface area (Å²) in [4.78, 5) is 64.7. The van der Waals surface area contributed by atoms with Crippen molar-refractivity contribution in [2.45, 2.75) is 79.6 Å². The van der Waals surface area contributed by atoms with E-state index in [1.54, 1.807) is 22.1 Å². The molecule has 2 aromatic carbocycles. The van der Waals surface area contributed by atoms with E-state index in [1.807, 2.05) is 97.9 Å². The molecule has 0 atom stereocenters. The Morgan fingerprint density at radius 1 is 0.800 bits per heavy atom. The maximum atomic E-state index is 13.9. The second-order valence-electron chi connectivity index (χ2n) is 16.7. The molecule has 326 valence electrons. The molecule has 2 aliphatic heterocycles. The van der Waals surface area contributed by atoms with Crippen LogP contribution in [0.5, 0.6) is 0 Å². The number of sulfone groups is 1. The summed E-state index contributed by atoms with van der Waals surface area (Å²) in [5.41, 5.74) is 2.96. The predicted molar refractivity (Wildman–Crippen MR) is 234 cm³/mol. The third kappa shape index (κ3) is 12.5. The maximum Gasteiger partial charge on any atom is 0.410 e.